The van der Waals surface area contributed by atoms with Crippen molar-refractivity contribution in [1.82, 2.24) is 0 Å². The average molecular weight is 540 g/mol. The normalized spacial score (nSPS) is 25.7. The summed E-state index contributed by atoms with van der Waals surface area (Å²) in [4.78, 5) is 66.9. The van der Waals surface area contributed by atoms with Gasteiger partial charge in [-0.1, -0.05) is 23.8 Å². The zero-order chi connectivity index (χ0) is 28.5. The summed E-state index contributed by atoms with van der Waals surface area (Å²) in [5.74, 6) is -5.53. The second-order valence-corrected chi connectivity index (χ2v) is 10.5. The number of imide groups is 1. The highest BCUT2D eigenvalue weighted by molar-refractivity contribution is 6.25. The molecule has 1 fully saturated rings. The molecule has 1 heterocycles. The Morgan fingerprint density at radius 3 is 2.50 bits per heavy atom. The smallest absolute Gasteiger partial charge is 0.335 e. The summed E-state index contributed by atoms with van der Waals surface area (Å²) in [6, 6.07) is 10.4. The Labute approximate surface area is 229 Å². The van der Waals surface area contributed by atoms with Gasteiger partial charge in [-0.3, -0.25) is 24.1 Å². The lowest BCUT2D eigenvalue weighted by atomic mass is 9.59. The van der Waals surface area contributed by atoms with Gasteiger partial charge in [-0.05, 0) is 62.1 Å². The highest BCUT2D eigenvalue weighted by atomic mass is 16.5. The van der Waals surface area contributed by atoms with E-state index in [2.05, 4.69) is 0 Å². The molecule has 6 rings (SSSR count). The third kappa shape index (κ3) is 3.57. The Kier molecular flexibility index (Phi) is 5.83. The number of aromatic carboxylic acids is 1. The van der Waals surface area contributed by atoms with Crippen LogP contribution < -0.4 is 9.64 Å². The molecule has 0 aromatic heterocycles. The zero-order valence-electron chi connectivity index (χ0n) is 21.7. The number of hydrogen-bond donors (Lipinski definition) is 2. The van der Waals surface area contributed by atoms with Crippen molar-refractivity contribution in [3.05, 3.63) is 88.0 Å². The molecule has 2 aromatic rings. The number of methoxy groups -OCH3 is 1. The quantitative estimate of drug-likeness (QED) is 0.341. The topological polar surface area (TPSA) is 138 Å². The molecule has 202 valence electrons. The molecule has 2 aromatic carbocycles. The number of rotatable bonds is 4. The number of hydrogen-bond acceptors (Lipinski definition) is 7. The van der Waals surface area contributed by atoms with Crippen LogP contribution in [-0.4, -0.2) is 46.7 Å². The van der Waals surface area contributed by atoms with Crippen LogP contribution in [0.5, 0.6) is 11.5 Å². The minimum atomic E-state index is -1.18. The van der Waals surface area contributed by atoms with Gasteiger partial charge in [-0.15, -0.1) is 0 Å². The van der Waals surface area contributed by atoms with E-state index in [0.29, 0.717) is 16.9 Å². The van der Waals surface area contributed by atoms with Crippen LogP contribution in [0, 0.1) is 17.8 Å². The number of allylic oxidation sites excluding steroid dienone is 6. The fraction of sp³-hybridized carbons (Fsp3) is 0.258. The third-order valence-electron chi connectivity index (χ3n) is 8.47. The summed E-state index contributed by atoms with van der Waals surface area (Å²) in [5, 5.41) is 20.4. The van der Waals surface area contributed by atoms with E-state index in [9.17, 15) is 34.2 Å². The Morgan fingerprint density at radius 1 is 1.02 bits per heavy atom. The van der Waals surface area contributed by atoms with Crippen molar-refractivity contribution in [3.63, 3.8) is 0 Å². The maximum Gasteiger partial charge on any atom is 0.335 e. The summed E-state index contributed by atoms with van der Waals surface area (Å²) in [5.41, 5.74) is 1.92. The molecule has 0 bridgehead atoms. The fourth-order valence-corrected chi connectivity index (χ4v) is 6.73. The van der Waals surface area contributed by atoms with E-state index < -0.39 is 41.5 Å². The van der Waals surface area contributed by atoms with Crippen LogP contribution in [0.4, 0.5) is 5.69 Å². The van der Waals surface area contributed by atoms with Crippen molar-refractivity contribution < 1.29 is 38.9 Å². The molecule has 4 atom stereocenters. The minimum Gasteiger partial charge on any atom is -0.507 e. The number of ether oxygens (including phenoxy) is 1. The number of carbonyl (C=O) groups is 5. The first-order chi connectivity index (χ1) is 19.1. The van der Waals surface area contributed by atoms with E-state index in [1.54, 1.807) is 19.1 Å². The first kappa shape index (κ1) is 25.5. The van der Waals surface area contributed by atoms with Gasteiger partial charge in [0.05, 0.1) is 30.2 Å². The van der Waals surface area contributed by atoms with Crippen molar-refractivity contribution >= 4 is 35.0 Å². The van der Waals surface area contributed by atoms with Gasteiger partial charge in [-0.25, -0.2) is 4.79 Å². The lowest BCUT2D eigenvalue weighted by Crippen LogP contribution is -2.40. The summed E-state index contributed by atoms with van der Waals surface area (Å²) >= 11 is 0. The first-order valence-corrected chi connectivity index (χ1v) is 12.9. The number of carboxylic acid groups (broad SMARTS) is 1. The summed E-state index contributed by atoms with van der Waals surface area (Å²) in [6.07, 6.45) is 3.44. The van der Waals surface area contributed by atoms with Crippen LogP contribution in [0.1, 0.15) is 41.6 Å². The molecule has 9 nitrogen and oxygen atoms in total. The number of amides is 2. The minimum absolute atomic E-state index is 0.0561. The van der Waals surface area contributed by atoms with Gasteiger partial charge >= 0.3 is 5.97 Å². The van der Waals surface area contributed by atoms with E-state index in [0.717, 1.165) is 4.90 Å². The molecule has 2 amide bonds. The lowest BCUT2D eigenvalue weighted by molar-refractivity contribution is -0.123. The van der Waals surface area contributed by atoms with Crippen molar-refractivity contribution in [2.75, 3.05) is 12.0 Å². The maximum absolute atomic E-state index is 14.0. The third-order valence-corrected chi connectivity index (χ3v) is 8.47. The van der Waals surface area contributed by atoms with E-state index >= 15 is 0 Å². The number of phenols is 1. The van der Waals surface area contributed by atoms with Gasteiger partial charge < -0.3 is 14.9 Å². The number of phenolic OH excluding ortho intramolecular Hbond substituents is 1. The number of anilines is 1. The number of ketones is 2. The number of carboxylic acids is 1. The van der Waals surface area contributed by atoms with E-state index in [-0.39, 0.29) is 58.1 Å². The number of Topliss-reactive ketones (excluding diaryl/α,β-unsaturated/α-hetero) is 1. The molecule has 1 saturated heterocycles. The zero-order valence-corrected chi connectivity index (χ0v) is 21.7. The van der Waals surface area contributed by atoms with Crippen LogP contribution in [0.3, 0.4) is 0 Å². The molecule has 4 unspecified atom stereocenters. The number of nitrogens with zero attached hydrogens (tertiary/aromatic N) is 1. The highest BCUT2D eigenvalue weighted by Crippen LogP contribution is 2.57. The lowest BCUT2D eigenvalue weighted by Gasteiger charge is -2.42. The number of aromatic hydroxyl groups is 1. The van der Waals surface area contributed by atoms with Crippen molar-refractivity contribution in [3.8, 4) is 11.5 Å². The van der Waals surface area contributed by atoms with E-state index in [1.165, 1.54) is 43.5 Å². The first-order valence-electron chi connectivity index (χ1n) is 12.9. The molecular formula is C31H25NO8. The second kappa shape index (κ2) is 9.15. The second-order valence-electron chi connectivity index (χ2n) is 10.5. The largest absolute Gasteiger partial charge is 0.507 e. The Morgan fingerprint density at radius 2 is 1.77 bits per heavy atom. The number of benzene rings is 2. The fourth-order valence-electron chi connectivity index (χ4n) is 6.73. The van der Waals surface area contributed by atoms with E-state index in [4.69, 9.17) is 4.74 Å². The van der Waals surface area contributed by atoms with Crippen LogP contribution in [0.2, 0.25) is 0 Å². The van der Waals surface area contributed by atoms with Crippen molar-refractivity contribution in [2.24, 2.45) is 17.8 Å². The summed E-state index contributed by atoms with van der Waals surface area (Å²) < 4.78 is 5.56. The van der Waals surface area contributed by atoms with Crippen LogP contribution >= 0.6 is 0 Å². The van der Waals surface area contributed by atoms with Gasteiger partial charge in [0.15, 0.2) is 11.6 Å². The van der Waals surface area contributed by atoms with E-state index in [1.807, 2.05) is 6.08 Å². The Balaban J connectivity index is 1.51. The molecule has 2 N–H and O–H groups in total. The molecule has 4 aliphatic rings. The van der Waals surface area contributed by atoms with Gasteiger partial charge in [0.1, 0.15) is 11.5 Å². The Hall–Kier alpha value is -4.79. The number of fused-ring (bicyclic) bond motifs is 3. The van der Waals surface area contributed by atoms with Gasteiger partial charge in [0.25, 0.3) is 0 Å². The molecular weight excluding hydrogens is 514 g/mol. The molecule has 0 saturated carbocycles. The molecule has 3 aliphatic carbocycles. The van der Waals surface area contributed by atoms with Crippen LogP contribution in [0.25, 0.3) is 0 Å². The summed E-state index contributed by atoms with van der Waals surface area (Å²) in [7, 11) is 1.44. The van der Waals surface area contributed by atoms with Gasteiger partial charge in [0, 0.05) is 28.2 Å². The van der Waals surface area contributed by atoms with Crippen molar-refractivity contribution in [2.45, 2.75) is 25.7 Å². The average Bonchev–Trinajstić information content (AvgIpc) is 3.20. The maximum atomic E-state index is 14.0. The molecule has 1 aliphatic heterocycles. The standard InChI is InChI=1S/C31H25NO8/c1-14-11-22(34)20-13-19-17(25(26(20)28(14)35)27-21(33)7-4-8-23(27)40-2)9-10-18-24(19)30(37)32(29(18)36)16-6-3-5-15(12-16)31(38)39/h3-9,11-12,18-19,24-25,33H,10,13H2,1-2H3,(H,38,39). The van der Waals surface area contributed by atoms with Crippen molar-refractivity contribution in [1.29, 1.82) is 0 Å². The SMILES string of the molecule is COc1cccc(O)c1C1C2=CCC3C(=O)N(c4cccc(C(=O)O)c4)C(=O)C3C2CC2=C1C(=O)C(C)=CC2=O. The van der Waals surface area contributed by atoms with Gasteiger partial charge in [-0.2, -0.15) is 0 Å². The predicted octanol–water partition coefficient (Wildman–Crippen LogP) is 3.73. The summed E-state index contributed by atoms with van der Waals surface area (Å²) in [6.45, 7) is 1.57. The van der Waals surface area contributed by atoms with Gasteiger partial charge in [0.2, 0.25) is 11.8 Å². The molecule has 9 heteroatoms. The molecule has 0 spiro atoms. The highest BCUT2D eigenvalue weighted by Gasteiger charge is 2.57. The molecule has 0 radical (unpaired) electrons. The number of carbonyl (C=O) groups excluding carboxylic acids is 4. The molecule has 40 heavy (non-hydrogen) atoms. The predicted molar refractivity (Wildman–Crippen MR) is 142 cm³/mol. The monoisotopic (exact) mass is 539 g/mol. The van der Waals surface area contributed by atoms with Crippen LogP contribution in [-0.2, 0) is 19.2 Å². The Bertz CT molecular complexity index is 1640. The van der Waals surface area contributed by atoms with Crippen LogP contribution in [0.15, 0.2) is 76.9 Å².